The number of hydrogen-bond acceptors (Lipinski definition) is 2. The van der Waals surface area contributed by atoms with E-state index in [-0.39, 0.29) is 17.9 Å². The van der Waals surface area contributed by atoms with Gasteiger partial charge in [-0.2, -0.15) is 0 Å². The fraction of sp³-hybridized carbons (Fsp3) is 0.464. The fourth-order valence-corrected chi connectivity index (χ4v) is 5.82. The van der Waals surface area contributed by atoms with Crippen LogP contribution in [0, 0.1) is 11.3 Å². The minimum absolute atomic E-state index is 0.00868. The van der Waals surface area contributed by atoms with Crippen molar-refractivity contribution < 1.29 is 9.90 Å². The molecule has 0 aromatic heterocycles. The molecule has 1 saturated heterocycles. The van der Waals surface area contributed by atoms with Crippen molar-refractivity contribution in [3.63, 3.8) is 0 Å². The third-order valence-corrected chi connectivity index (χ3v) is 7.96. The van der Waals surface area contributed by atoms with Gasteiger partial charge in [-0.15, -0.1) is 6.58 Å². The number of aliphatic hydroxyl groups is 1. The highest BCUT2D eigenvalue weighted by Gasteiger charge is 2.55. The van der Waals surface area contributed by atoms with Crippen LogP contribution in [0.3, 0.4) is 0 Å². The molecule has 2 aromatic carbocycles. The minimum Gasteiger partial charge on any atom is -0.371 e. The highest BCUT2D eigenvalue weighted by atomic mass is 35.5. The zero-order chi connectivity index (χ0) is 23.8. The summed E-state index contributed by atoms with van der Waals surface area (Å²) >= 11 is 12.6. The average Bonchev–Trinajstić information content (AvgIpc) is 3.60. The summed E-state index contributed by atoms with van der Waals surface area (Å²) in [6.07, 6.45) is 6.31. The van der Waals surface area contributed by atoms with Gasteiger partial charge in [-0.05, 0) is 67.0 Å². The Morgan fingerprint density at radius 3 is 2.42 bits per heavy atom. The molecule has 0 spiro atoms. The zero-order valence-electron chi connectivity index (χ0n) is 19.4. The first kappa shape index (κ1) is 24.3. The minimum atomic E-state index is -1.22. The Kier molecular flexibility index (Phi) is 6.96. The Morgan fingerprint density at radius 1 is 1.15 bits per heavy atom. The van der Waals surface area contributed by atoms with Gasteiger partial charge in [0.05, 0.1) is 11.5 Å². The molecule has 2 fully saturated rings. The quantitative estimate of drug-likeness (QED) is 0.392. The van der Waals surface area contributed by atoms with Gasteiger partial charge in [-0.3, -0.25) is 4.79 Å². The van der Waals surface area contributed by atoms with Crippen molar-refractivity contribution in [1.29, 1.82) is 0 Å². The van der Waals surface area contributed by atoms with Crippen molar-refractivity contribution in [2.24, 2.45) is 11.3 Å². The second kappa shape index (κ2) is 9.44. The van der Waals surface area contributed by atoms with Gasteiger partial charge in [-0.1, -0.05) is 80.2 Å². The number of halogens is 2. The van der Waals surface area contributed by atoms with Crippen molar-refractivity contribution in [1.82, 2.24) is 4.90 Å². The lowest BCUT2D eigenvalue weighted by atomic mass is 9.66. The number of likely N-dealkylation sites (tertiary alicyclic amines) is 1. The van der Waals surface area contributed by atoms with Crippen molar-refractivity contribution in [3.05, 3.63) is 82.4 Å². The van der Waals surface area contributed by atoms with E-state index in [9.17, 15) is 9.90 Å². The molecule has 2 aliphatic rings. The molecule has 1 N–H and O–H groups in total. The molecule has 4 atom stereocenters. The van der Waals surface area contributed by atoms with Crippen molar-refractivity contribution in [2.45, 2.75) is 70.1 Å². The third-order valence-electron chi connectivity index (χ3n) is 7.48. The van der Waals surface area contributed by atoms with Crippen LogP contribution in [0.2, 0.25) is 10.0 Å². The van der Waals surface area contributed by atoms with Crippen molar-refractivity contribution in [3.8, 4) is 0 Å². The van der Waals surface area contributed by atoms with Gasteiger partial charge in [0.1, 0.15) is 5.72 Å². The van der Waals surface area contributed by atoms with E-state index in [1.165, 1.54) is 0 Å². The van der Waals surface area contributed by atoms with Gasteiger partial charge >= 0.3 is 0 Å². The van der Waals surface area contributed by atoms with Crippen LogP contribution in [0.15, 0.2) is 61.2 Å². The summed E-state index contributed by atoms with van der Waals surface area (Å²) in [6.45, 7) is 7.91. The molecular formula is C28H33Cl2NO2. The smallest absolute Gasteiger partial charge is 0.231 e. The van der Waals surface area contributed by atoms with E-state index < -0.39 is 11.1 Å². The lowest BCUT2D eigenvalue weighted by molar-refractivity contribution is -0.194. The fourth-order valence-electron chi connectivity index (χ4n) is 5.49. The van der Waals surface area contributed by atoms with Crippen LogP contribution in [0.1, 0.15) is 75.5 Å². The summed E-state index contributed by atoms with van der Waals surface area (Å²) in [5.74, 6) is 0.418. The van der Waals surface area contributed by atoms with Crippen LogP contribution < -0.4 is 0 Å². The number of carbonyl (C=O) groups excluding carboxylic acids is 1. The van der Waals surface area contributed by atoms with Crippen molar-refractivity contribution in [2.75, 3.05) is 0 Å². The van der Waals surface area contributed by atoms with Crippen LogP contribution >= 0.6 is 23.2 Å². The van der Waals surface area contributed by atoms with Gasteiger partial charge in [-0.25, -0.2) is 0 Å². The summed E-state index contributed by atoms with van der Waals surface area (Å²) in [6, 6.07) is 15.2. The average molecular weight is 486 g/mol. The highest BCUT2D eigenvalue weighted by Crippen LogP contribution is 2.55. The molecule has 176 valence electrons. The largest absolute Gasteiger partial charge is 0.371 e. The van der Waals surface area contributed by atoms with E-state index in [2.05, 4.69) is 12.6 Å². The second-order valence-electron chi connectivity index (χ2n) is 10.1. The van der Waals surface area contributed by atoms with E-state index in [1.54, 1.807) is 0 Å². The zero-order valence-corrected chi connectivity index (χ0v) is 20.9. The van der Waals surface area contributed by atoms with Crippen LogP contribution in [-0.2, 0) is 4.79 Å². The van der Waals surface area contributed by atoms with E-state index in [0.717, 1.165) is 24.0 Å². The van der Waals surface area contributed by atoms with Crippen LogP contribution in [0.25, 0.3) is 0 Å². The first-order valence-corrected chi connectivity index (χ1v) is 12.6. The first-order valence-electron chi connectivity index (χ1n) is 11.9. The predicted molar refractivity (Wildman–Crippen MR) is 135 cm³/mol. The maximum Gasteiger partial charge on any atom is 0.231 e. The van der Waals surface area contributed by atoms with Gasteiger partial charge in [0.25, 0.3) is 0 Å². The SMILES string of the molecule is C=CC[C@@]1(C)C[C@H](c2cccc(Cl)c2)[C@@H](c2ccc(Cl)cc2)N([C@](O)(CC)CC2CC2)C1=O. The second-order valence-corrected chi connectivity index (χ2v) is 10.9. The molecule has 1 saturated carbocycles. The van der Waals surface area contributed by atoms with Crippen LogP contribution in [-0.4, -0.2) is 21.6 Å². The van der Waals surface area contributed by atoms with Crippen LogP contribution in [0.5, 0.6) is 0 Å². The summed E-state index contributed by atoms with van der Waals surface area (Å²) in [5, 5.41) is 13.4. The Balaban J connectivity index is 1.91. The molecule has 3 nitrogen and oxygen atoms in total. The topological polar surface area (TPSA) is 40.5 Å². The number of rotatable bonds is 8. The molecular weight excluding hydrogens is 453 g/mol. The number of piperidine rings is 1. The van der Waals surface area contributed by atoms with Gasteiger partial charge in [0.2, 0.25) is 5.91 Å². The standard InChI is InChI=1S/C28H33Cl2NO2/c1-4-15-27(3)18-24(21-7-6-8-23(30)16-21)25(20-11-13-22(29)14-12-20)31(26(27)32)28(33,5-2)17-19-9-10-19/h4,6-8,11-14,16,19,24-25,33H,1,5,9-10,15,17-18H2,2-3H3/t24-,25-,27+,28+/m1/s1. The third kappa shape index (κ3) is 4.87. The normalized spacial score (nSPS) is 27.3. The molecule has 1 heterocycles. The number of nitrogens with zero attached hydrogens (tertiary/aromatic N) is 1. The molecule has 1 aliphatic carbocycles. The number of carbonyl (C=O) groups is 1. The number of amides is 1. The van der Waals surface area contributed by atoms with Crippen molar-refractivity contribution >= 4 is 29.1 Å². The van der Waals surface area contributed by atoms with Crippen LogP contribution in [0.4, 0.5) is 0 Å². The molecule has 1 aliphatic heterocycles. The number of allylic oxidation sites excluding steroid dienone is 1. The lowest BCUT2D eigenvalue weighted by Crippen LogP contribution is -2.61. The molecule has 33 heavy (non-hydrogen) atoms. The summed E-state index contributed by atoms with van der Waals surface area (Å²) in [5.41, 5.74) is 0.160. The monoisotopic (exact) mass is 485 g/mol. The summed E-state index contributed by atoms with van der Waals surface area (Å²) in [7, 11) is 0. The molecule has 0 radical (unpaired) electrons. The lowest BCUT2D eigenvalue weighted by Gasteiger charge is -2.55. The molecule has 1 amide bonds. The Hall–Kier alpha value is -1.81. The molecule has 2 aromatic rings. The highest BCUT2D eigenvalue weighted by molar-refractivity contribution is 6.30. The van der Waals surface area contributed by atoms with Gasteiger partial charge in [0.15, 0.2) is 0 Å². The maximum atomic E-state index is 14.2. The molecule has 0 bridgehead atoms. The molecule has 0 unspecified atom stereocenters. The van der Waals surface area contributed by atoms with E-state index in [0.29, 0.717) is 41.6 Å². The van der Waals surface area contributed by atoms with Gasteiger partial charge in [0, 0.05) is 16.0 Å². The predicted octanol–water partition coefficient (Wildman–Crippen LogP) is 7.53. The van der Waals surface area contributed by atoms with E-state index in [1.807, 2.05) is 67.3 Å². The van der Waals surface area contributed by atoms with E-state index >= 15 is 0 Å². The van der Waals surface area contributed by atoms with E-state index in [4.69, 9.17) is 23.2 Å². The Labute approximate surface area is 207 Å². The maximum absolute atomic E-state index is 14.2. The Bertz CT molecular complexity index is 1020. The first-order chi connectivity index (χ1) is 15.7. The molecule has 4 rings (SSSR count). The summed E-state index contributed by atoms with van der Waals surface area (Å²) < 4.78 is 0. The molecule has 5 heteroatoms. The number of benzene rings is 2. The van der Waals surface area contributed by atoms with Gasteiger partial charge < -0.3 is 10.0 Å². The summed E-state index contributed by atoms with van der Waals surface area (Å²) in [4.78, 5) is 16.0. The number of hydrogen-bond donors (Lipinski definition) is 1. The Morgan fingerprint density at radius 2 is 1.85 bits per heavy atom.